The molecule has 0 aliphatic carbocycles. The molecule has 0 unspecified atom stereocenters. The Kier molecular flexibility index (Phi) is 1.98. The molecule has 0 radical (unpaired) electrons. The van der Waals surface area contributed by atoms with Gasteiger partial charge in [0.15, 0.2) is 0 Å². The quantitative estimate of drug-likeness (QED) is 0.671. The summed E-state index contributed by atoms with van der Waals surface area (Å²) in [6.45, 7) is 2.08. The molecule has 4 heteroatoms. The fourth-order valence-corrected chi connectivity index (χ4v) is 1.35. The molecule has 0 saturated carbocycles. The summed E-state index contributed by atoms with van der Waals surface area (Å²) in [6, 6.07) is 0. The summed E-state index contributed by atoms with van der Waals surface area (Å²) < 4.78 is 1.87. The SMILES string of the molecule is CCc1c[n]([Tl])nn1. The van der Waals surface area contributed by atoms with E-state index in [1.165, 1.54) is 0 Å². The Morgan fingerprint density at radius 1 is 1.88 bits per heavy atom. The van der Waals surface area contributed by atoms with Crippen LogP contribution in [0.15, 0.2) is 6.20 Å². The van der Waals surface area contributed by atoms with Crippen molar-refractivity contribution in [1.82, 2.24) is 12.8 Å². The average Bonchev–Trinajstić information content (AvgIpc) is 2.14. The van der Waals surface area contributed by atoms with Gasteiger partial charge in [-0.3, -0.25) is 0 Å². The van der Waals surface area contributed by atoms with Crippen LogP contribution in [-0.4, -0.2) is 38.9 Å². The van der Waals surface area contributed by atoms with Gasteiger partial charge in [-0.15, -0.1) is 0 Å². The molecular weight excluding hydrogens is 294 g/mol. The second kappa shape index (κ2) is 2.56. The Morgan fingerprint density at radius 2 is 2.62 bits per heavy atom. The van der Waals surface area contributed by atoms with Crippen molar-refractivity contribution in [1.29, 1.82) is 0 Å². The van der Waals surface area contributed by atoms with Crippen LogP contribution in [0.4, 0.5) is 0 Å². The van der Waals surface area contributed by atoms with Gasteiger partial charge in [0.2, 0.25) is 0 Å². The summed E-state index contributed by atoms with van der Waals surface area (Å²) in [5.74, 6) is 0. The molecule has 0 saturated heterocycles. The number of hydrogen-bond donors (Lipinski definition) is 0. The molecule has 0 aliphatic heterocycles. The van der Waals surface area contributed by atoms with Crippen molar-refractivity contribution in [3.8, 4) is 0 Å². The third-order valence-corrected chi connectivity index (χ3v) is 1.90. The van der Waals surface area contributed by atoms with Gasteiger partial charge in [-0.2, -0.15) is 0 Å². The predicted molar refractivity (Wildman–Crippen MR) is 30.6 cm³/mol. The van der Waals surface area contributed by atoms with Crippen LogP contribution >= 0.6 is 0 Å². The van der Waals surface area contributed by atoms with E-state index >= 15 is 0 Å². The fraction of sp³-hybridized carbons (Fsp3) is 0.500. The number of aromatic nitrogens is 3. The first-order chi connectivity index (χ1) is 3.83. The second-order valence-corrected chi connectivity index (χ2v) is 3.60. The Hall–Kier alpha value is 0.0621. The topological polar surface area (TPSA) is 30.7 Å². The summed E-state index contributed by atoms with van der Waals surface area (Å²) in [5.41, 5.74) is 1.09. The van der Waals surface area contributed by atoms with E-state index in [1.54, 1.807) is 0 Å². The molecule has 0 fully saturated rings. The molecule has 0 spiro atoms. The van der Waals surface area contributed by atoms with Crippen LogP contribution in [0, 0.1) is 0 Å². The van der Waals surface area contributed by atoms with Crippen LogP contribution in [0.3, 0.4) is 0 Å². The van der Waals surface area contributed by atoms with Crippen molar-refractivity contribution in [2.24, 2.45) is 0 Å². The molecule has 0 atom stereocenters. The van der Waals surface area contributed by atoms with Crippen LogP contribution in [0.1, 0.15) is 12.6 Å². The monoisotopic (exact) mass is 301 g/mol. The molecule has 1 aromatic heterocycles. The van der Waals surface area contributed by atoms with E-state index in [9.17, 15) is 0 Å². The molecule has 1 rings (SSSR count). The summed E-state index contributed by atoms with van der Waals surface area (Å²) in [5, 5.41) is 7.72. The van der Waals surface area contributed by atoms with Gasteiger partial charge in [0, 0.05) is 0 Å². The van der Waals surface area contributed by atoms with Gasteiger partial charge < -0.3 is 0 Å². The third-order valence-electron chi connectivity index (χ3n) is 0.920. The zero-order valence-corrected chi connectivity index (χ0v) is 9.19. The second-order valence-electron chi connectivity index (χ2n) is 1.54. The first-order valence-corrected chi connectivity index (χ1v) is 4.50. The molecule has 0 N–H and O–H groups in total. The summed E-state index contributed by atoms with van der Waals surface area (Å²) >= 11 is 0.757. The van der Waals surface area contributed by atoms with E-state index < -0.39 is 0 Å². The first-order valence-electron chi connectivity index (χ1n) is 2.49. The molecular formula is C4H6N3Tl. The molecule has 1 heterocycles. The molecule has 1 aromatic rings. The molecule has 3 nitrogen and oxygen atoms in total. The first kappa shape index (κ1) is 6.19. The Morgan fingerprint density at radius 3 is 2.88 bits per heavy atom. The van der Waals surface area contributed by atoms with Gasteiger partial charge in [0.1, 0.15) is 0 Å². The average molecular weight is 300 g/mol. The maximum atomic E-state index is 3.89. The molecule has 0 bridgehead atoms. The van der Waals surface area contributed by atoms with Crippen LogP contribution in [0.5, 0.6) is 0 Å². The number of hydrogen-bond acceptors (Lipinski definition) is 2. The van der Waals surface area contributed by atoms with E-state index in [-0.39, 0.29) is 0 Å². The van der Waals surface area contributed by atoms with Crippen molar-refractivity contribution in [2.45, 2.75) is 13.3 Å². The zero-order chi connectivity index (χ0) is 5.98. The van der Waals surface area contributed by atoms with Crippen molar-refractivity contribution >= 4 is 26.1 Å². The minimum atomic E-state index is 0.757. The van der Waals surface area contributed by atoms with Crippen molar-refractivity contribution in [3.05, 3.63) is 11.9 Å². The molecule has 8 heavy (non-hydrogen) atoms. The van der Waals surface area contributed by atoms with E-state index in [0.29, 0.717) is 0 Å². The van der Waals surface area contributed by atoms with Gasteiger partial charge in [0.05, 0.1) is 0 Å². The summed E-state index contributed by atoms with van der Waals surface area (Å²) in [6.07, 6.45) is 2.98. The van der Waals surface area contributed by atoms with Crippen molar-refractivity contribution < 1.29 is 0 Å². The number of nitrogens with zero attached hydrogens (tertiary/aromatic N) is 3. The standard InChI is InChI=1S/C4H6N3.Tl/c1-2-4-3-5-7-6-4;/h3H,2H2,1H3;/q-1;+1. The van der Waals surface area contributed by atoms with E-state index in [2.05, 4.69) is 17.2 Å². The molecule has 40 valence electrons. The minimum absolute atomic E-state index is 0.757. The third kappa shape index (κ3) is 1.27. The van der Waals surface area contributed by atoms with Gasteiger partial charge in [0.25, 0.3) is 0 Å². The van der Waals surface area contributed by atoms with E-state index in [0.717, 1.165) is 38.2 Å². The molecule has 0 aliphatic rings. The summed E-state index contributed by atoms with van der Waals surface area (Å²) in [7, 11) is 0. The van der Waals surface area contributed by atoms with Crippen molar-refractivity contribution in [3.63, 3.8) is 0 Å². The van der Waals surface area contributed by atoms with Crippen LogP contribution < -0.4 is 0 Å². The Labute approximate surface area is 64.2 Å². The molecule has 0 aromatic carbocycles. The van der Waals surface area contributed by atoms with E-state index in [4.69, 9.17) is 0 Å². The predicted octanol–water partition coefficient (Wildman–Crippen LogP) is -0.228. The van der Waals surface area contributed by atoms with Gasteiger partial charge >= 0.3 is 64.1 Å². The fourth-order valence-electron chi connectivity index (χ4n) is 0.475. The van der Waals surface area contributed by atoms with Crippen LogP contribution in [0.25, 0.3) is 0 Å². The van der Waals surface area contributed by atoms with Gasteiger partial charge in [-0.25, -0.2) is 0 Å². The maximum absolute atomic E-state index is 3.89. The number of aryl methyl sites for hydroxylation is 1. The van der Waals surface area contributed by atoms with E-state index in [1.807, 2.05) is 8.69 Å². The Bertz CT molecular complexity index is 172. The van der Waals surface area contributed by atoms with Gasteiger partial charge in [-0.05, 0) is 0 Å². The van der Waals surface area contributed by atoms with Crippen LogP contribution in [-0.2, 0) is 6.42 Å². The molecule has 0 amide bonds. The van der Waals surface area contributed by atoms with Gasteiger partial charge in [-0.1, -0.05) is 0 Å². The number of rotatable bonds is 1. The summed E-state index contributed by atoms with van der Waals surface area (Å²) in [4.78, 5) is 0. The van der Waals surface area contributed by atoms with Crippen molar-refractivity contribution in [2.75, 3.05) is 0 Å². The Balaban J connectivity index is 2.84. The van der Waals surface area contributed by atoms with Crippen LogP contribution in [0.2, 0.25) is 0 Å². The zero-order valence-electron chi connectivity index (χ0n) is 4.70. The normalized spacial score (nSPS) is 9.50.